The van der Waals surface area contributed by atoms with Crippen molar-refractivity contribution in [2.45, 2.75) is 63.2 Å². The third-order valence-corrected chi connectivity index (χ3v) is 8.21. The van der Waals surface area contributed by atoms with Crippen LogP contribution >= 0.6 is 11.8 Å². The fraction of sp³-hybridized carbons (Fsp3) is 0.333. The average molecular weight is 585 g/mol. The van der Waals surface area contributed by atoms with Gasteiger partial charge in [-0.25, -0.2) is 0 Å². The Hall–Kier alpha value is -2.97. The molecule has 0 spiro atoms. The molecule has 1 aliphatic rings. The SMILES string of the molecule is CCS[C@@H]1OC(COCc2ccccc2)[C@H](OCc2ccccc2)C(OCc2ccccc2)C1OCc1ccccc1. The van der Waals surface area contributed by atoms with E-state index in [0.717, 1.165) is 28.0 Å². The van der Waals surface area contributed by atoms with Crippen molar-refractivity contribution >= 4 is 11.8 Å². The Balaban J connectivity index is 1.40. The Morgan fingerprint density at radius 2 is 0.929 bits per heavy atom. The molecular formula is C36H40O5S. The van der Waals surface area contributed by atoms with Crippen LogP contribution in [0.1, 0.15) is 29.2 Å². The van der Waals surface area contributed by atoms with Gasteiger partial charge in [-0.2, -0.15) is 0 Å². The summed E-state index contributed by atoms with van der Waals surface area (Å²) in [5.41, 5.74) is 4.19. The largest absolute Gasteiger partial charge is 0.374 e. The minimum Gasteiger partial charge on any atom is -0.374 e. The number of rotatable bonds is 15. The number of benzene rings is 4. The Bertz CT molecular complexity index is 1280. The van der Waals surface area contributed by atoms with Crippen LogP contribution < -0.4 is 0 Å². The zero-order chi connectivity index (χ0) is 28.8. The molecule has 6 heteroatoms. The fourth-order valence-corrected chi connectivity index (χ4v) is 6.02. The summed E-state index contributed by atoms with van der Waals surface area (Å²) in [6.45, 7) is 4.37. The summed E-state index contributed by atoms with van der Waals surface area (Å²) in [5, 5.41) is 0. The van der Waals surface area contributed by atoms with Gasteiger partial charge in [-0.05, 0) is 28.0 Å². The maximum atomic E-state index is 6.76. The second-order valence-corrected chi connectivity index (χ2v) is 11.7. The van der Waals surface area contributed by atoms with Gasteiger partial charge < -0.3 is 23.7 Å². The summed E-state index contributed by atoms with van der Waals surface area (Å²) in [6, 6.07) is 40.9. The number of hydrogen-bond donors (Lipinski definition) is 0. The Kier molecular flexibility index (Phi) is 12.1. The highest BCUT2D eigenvalue weighted by Gasteiger charge is 2.48. The van der Waals surface area contributed by atoms with Gasteiger partial charge in [0.1, 0.15) is 29.9 Å². The van der Waals surface area contributed by atoms with Gasteiger partial charge >= 0.3 is 0 Å². The van der Waals surface area contributed by atoms with Crippen LogP contribution in [0.4, 0.5) is 0 Å². The molecule has 220 valence electrons. The first-order valence-corrected chi connectivity index (χ1v) is 15.7. The average Bonchev–Trinajstić information content (AvgIpc) is 3.05. The van der Waals surface area contributed by atoms with Gasteiger partial charge in [-0.3, -0.25) is 0 Å². The third-order valence-electron chi connectivity index (χ3n) is 7.17. The fourth-order valence-electron chi connectivity index (χ4n) is 5.05. The highest BCUT2D eigenvalue weighted by atomic mass is 32.2. The minimum atomic E-state index is -0.404. The summed E-state index contributed by atoms with van der Waals surface area (Å²) in [4.78, 5) is 0. The predicted molar refractivity (Wildman–Crippen MR) is 168 cm³/mol. The van der Waals surface area contributed by atoms with Gasteiger partial charge in [0.2, 0.25) is 0 Å². The summed E-state index contributed by atoms with van der Waals surface area (Å²) in [7, 11) is 0. The predicted octanol–water partition coefficient (Wildman–Crippen LogP) is 7.44. The lowest BCUT2D eigenvalue weighted by atomic mass is 9.98. The minimum absolute atomic E-state index is 0.235. The molecule has 4 aromatic rings. The standard InChI is InChI=1S/C36H40O5S/c1-2-42-36-35(40-26-31-21-13-6-14-22-31)34(39-25-30-19-11-5-12-20-30)33(38-24-29-17-9-4-10-18-29)32(41-36)27-37-23-28-15-7-3-8-16-28/h3-22,32-36H,2,23-27H2,1H3/t32?,33-,34?,35?,36-/m0/s1. The smallest absolute Gasteiger partial charge is 0.132 e. The van der Waals surface area contributed by atoms with Gasteiger partial charge in [0.05, 0.1) is 33.0 Å². The Morgan fingerprint density at radius 3 is 1.38 bits per heavy atom. The van der Waals surface area contributed by atoms with Crippen LogP contribution in [0.15, 0.2) is 121 Å². The summed E-state index contributed by atoms with van der Waals surface area (Å²) < 4.78 is 33.1. The van der Waals surface area contributed by atoms with Crippen LogP contribution in [0.3, 0.4) is 0 Å². The Morgan fingerprint density at radius 1 is 0.524 bits per heavy atom. The highest BCUT2D eigenvalue weighted by molar-refractivity contribution is 7.99. The van der Waals surface area contributed by atoms with Crippen LogP contribution in [0.25, 0.3) is 0 Å². The molecule has 1 fully saturated rings. The summed E-state index contributed by atoms with van der Waals surface area (Å²) >= 11 is 1.73. The van der Waals surface area contributed by atoms with Crippen LogP contribution in [-0.4, -0.2) is 42.2 Å². The first kappa shape index (κ1) is 30.5. The second kappa shape index (κ2) is 16.6. The van der Waals surface area contributed by atoms with Crippen LogP contribution in [0, 0.1) is 0 Å². The molecule has 0 N–H and O–H groups in total. The van der Waals surface area contributed by atoms with Gasteiger partial charge in [-0.1, -0.05) is 128 Å². The van der Waals surface area contributed by atoms with E-state index in [9.17, 15) is 0 Å². The topological polar surface area (TPSA) is 46.2 Å². The molecule has 5 nitrogen and oxygen atoms in total. The molecule has 1 aliphatic heterocycles. The van der Waals surface area contributed by atoms with E-state index in [-0.39, 0.29) is 23.7 Å². The molecule has 1 saturated heterocycles. The van der Waals surface area contributed by atoms with Crippen molar-refractivity contribution in [3.8, 4) is 0 Å². The summed E-state index contributed by atoms with van der Waals surface area (Å²) in [5.74, 6) is 0.883. The van der Waals surface area contributed by atoms with Crippen LogP contribution in [-0.2, 0) is 50.1 Å². The molecule has 0 amide bonds. The van der Waals surface area contributed by atoms with Crippen molar-refractivity contribution in [2.75, 3.05) is 12.4 Å². The lowest BCUT2D eigenvalue weighted by Gasteiger charge is -2.46. The molecule has 0 saturated carbocycles. The van der Waals surface area contributed by atoms with Gasteiger partial charge in [0, 0.05) is 0 Å². The van der Waals surface area contributed by atoms with E-state index >= 15 is 0 Å². The van der Waals surface area contributed by atoms with E-state index in [0.29, 0.717) is 33.0 Å². The molecule has 5 rings (SSSR count). The van der Waals surface area contributed by atoms with Gasteiger partial charge in [0.25, 0.3) is 0 Å². The molecule has 1 heterocycles. The number of hydrogen-bond acceptors (Lipinski definition) is 6. The molecular weight excluding hydrogens is 544 g/mol. The van der Waals surface area contributed by atoms with E-state index in [1.807, 2.05) is 72.8 Å². The number of ether oxygens (including phenoxy) is 5. The molecule has 0 aliphatic carbocycles. The number of thioether (sulfide) groups is 1. The molecule has 42 heavy (non-hydrogen) atoms. The quantitative estimate of drug-likeness (QED) is 0.145. The van der Waals surface area contributed by atoms with Gasteiger partial charge in [0.15, 0.2) is 0 Å². The van der Waals surface area contributed by atoms with E-state index in [4.69, 9.17) is 23.7 Å². The van der Waals surface area contributed by atoms with E-state index in [2.05, 4.69) is 55.5 Å². The molecule has 4 aromatic carbocycles. The van der Waals surface area contributed by atoms with Crippen molar-refractivity contribution < 1.29 is 23.7 Å². The second-order valence-electron chi connectivity index (χ2n) is 10.3. The molecule has 3 unspecified atom stereocenters. The first-order valence-electron chi connectivity index (χ1n) is 14.7. The monoisotopic (exact) mass is 584 g/mol. The zero-order valence-electron chi connectivity index (χ0n) is 24.1. The van der Waals surface area contributed by atoms with Crippen molar-refractivity contribution in [3.05, 3.63) is 144 Å². The van der Waals surface area contributed by atoms with Crippen molar-refractivity contribution in [1.82, 2.24) is 0 Å². The lowest BCUT2D eigenvalue weighted by molar-refractivity contribution is -0.254. The van der Waals surface area contributed by atoms with E-state index in [1.54, 1.807) is 11.8 Å². The lowest BCUT2D eigenvalue weighted by Crippen LogP contribution is -2.60. The van der Waals surface area contributed by atoms with Gasteiger partial charge in [-0.15, -0.1) is 11.8 Å². The zero-order valence-corrected chi connectivity index (χ0v) is 24.9. The van der Waals surface area contributed by atoms with Crippen molar-refractivity contribution in [1.29, 1.82) is 0 Å². The normalized spacial score (nSPS) is 22.2. The Labute approximate surface area is 254 Å². The first-order chi connectivity index (χ1) is 20.8. The molecule has 0 aromatic heterocycles. The van der Waals surface area contributed by atoms with Crippen LogP contribution in [0.2, 0.25) is 0 Å². The maximum absolute atomic E-state index is 6.76. The molecule has 0 radical (unpaired) electrons. The highest BCUT2D eigenvalue weighted by Crippen LogP contribution is 2.35. The third kappa shape index (κ3) is 9.01. The molecule has 0 bridgehead atoms. The van der Waals surface area contributed by atoms with E-state index in [1.165, 1.54) is 0 Å². The van der Waals surface area contributed by atoms with Crippen LogP contribution in [0.5, 0.6) is 0 Å². The molecule has 5 atom stereocenters. The van der Waals surface area contributed by atoms with E-state index < -0.39 is 6.10 Å². The summed E-state index contributed by atoms with van der Waals surface area (Å²) in [6.07, 6.45) is -1.45. The van der Waals surface area contributed by atoms with Crippen molar-refractivity contribution in [3.63, 3.8) is 0 Å². The van der Waals surface area contributed by atoms with Crippen molar-refractivity contribution in [2.24, 2.45) is 0 Å². The maximum Gasteiger partial charge on any atom is 0.132 e.